The van der Waals surface area contributed by atoms with Gasteiger partial charge in [-0.1, -0.05) is 19.9 Å². The lowest BCUT2D eigenvalue weighted by Crippen LogP contribution is -2.47. The molecular formula is C17H27N3O5S. The van der Waals surface area contributed by atoms with Gasteiger partial charge < -0.3 is 15.7 Å². The van der Waals surface area contributed by atoms with Crippen LogP contribution < -0.4 is 10.6 Å². The highest BCUT2D eigenvalue weighted by molar-refractivity contribution is 7.89. The van der Waals surface area contributed by atoms with Crippen molar-refractivity contribution in [3.63, 3.8) is 0 Å². The van der Waals surface area contributed by atoms with Crippen molar-refractivity contribution in [3.8, 4) is 0 Å². The first-order valence-electron chi connectivity index (χ1n) is 8.18. The number of nitrogens with one attached hydrogen (secondary N) is 2. The molecule has 2 amide bonds. The van der Waals surface area contributed by atoms with E-state index in [4.69, 9.17) is 0 Å². The molecule has 1 aromatic carbocycles. The van der Waals surface area contributed by atoms with Crippen LogP contribution in [-0.4, -0.2) is 62.4 Å². The number of hydrogen-bond acceptors (Lipinski definition) is 5. The number of aliphatic hydroxyl groups is 1. The van der Waals surface area contributed by atoms with Gasteiger partial charge in [0.1, 0.15) is 0 Å². The first-order valence-corrected chi connectivity index (χ1v) is 9.62. The summed E-state index contributed by atoms with van der Waals surface area (Å²) in [5.41, 5.74) is -0.913. The lowest BCUT2D eigenvalue weighted by Gasteiger charge is -2.27. The molecule has 0 aliphatic heterocycles. The van der Waals surface area contributed by atoms with Crippen LogP contribution in [0.15, 0.2) is 29.2 Å². The summed E-state index contributed by atoms with van der Waals surface area (Å²) < 4.78 is 25.3. The smallest absolute Gasteiger partial charge is 0.251 e. The monoisotopic (exact) mass is 385 g/mol. The maximum absolute atomic E-state index is 12.2. The Hall–Kier alpha value is -1.97. The summed E-state index contributed by atoms with van der Waals surface area (Å²) in [5.74, 6) is -1.05. The van der Waals surface area contributed by atoms with Crippen LogP contribution in [0.4, 0.5) is 0 Å². The molecule has 3 N–H and O–H groups in total. The van der Waals surface area contributed by atoms with Crippen molar-refractivity contribution in [3.05, 3.63) is 29.8 Å². The lowest BCUT2D eigenvalue weighted by atomic mass is 9.92. The van der Waals surface area contributed by atoms with E-state index in [0.717, 1.165) is 4.31 Å². The second-order valence-electron chi connectivity index (χ2n) is 6.79. The minimum absolute atomic E-state index is 0.00687. The molecule has 0 radical (unpaired) electrons. The Morgan fingerprint density at radius 2 is 1.85 bits per heavy atom. The van der Waals surface area contributed by atoms with Gasteiger partial charge in [-0.05, 0) is 31.0 Å². The highest BCUT2D eigenvalue weighted by Crippen LogP contribution is 2.15. The van der Waals surface area contributed by atoms with Gasteiger partial charge in [-0.3, -0.25) is 9.59 Å². The summed E-state index contributed by atoms with van der Waals surface area (Å²) in [6.45, 7) is 5.08. The largest absolute Gasteiger partial charge is 0.388 e. The maximum Gasteiger partial charge on any atom is 0.251 e. The fourth-order valence-corrected chi connectivity index (χ4v) is 2.76. The Kier molecular flexibility index (Phi) is 7.31. The van der Waals surface area contributed by atoms with Gasteiger partial charge in [0.25, 0.3) is 5.91 Å². The molecule has 0 bridgehead atoms. The van der Waals surface area contributed by atoms with Crippen molar-refractivity contribution in [1.29, 1.82) is 0 Å². The van der Waals surface area contributed by atoms with E-state index < -0.39 is 27.4 Å². The van der Waals surface area contributed by atoms with E-state index >= 15 is 0 Å². The summed E-state index contributed by atoms with van der Waals surface area (Å²) in [6, 6.07) is 5.58. The molecule has 0 aliphatic carbocycles. The fraction of sp³-hybridized carbons (Fsp3) is 0.529. The predicted octanol–water partition coefficient (Wildman–Crippen LogP) is 0.190. The highest BCUT2D eigenvalue weighted by atomic mass is 32.2. The van der Waals surface area contributed by atoms with Gasteiger partial charge >= 0.3 is 0 Å². The third-order valence-corrected chi connectivity index (χ3v) is 5.98. The summed E-state index contributed by atoms with van der Waals surface area (Å²) in [6.07, 6.45) is 0. The van der Waals surface area contributed by atoms with Crippen molar-refractivity contribution in [2.75, 3.05) is 27.2 Å². The standard InChI is InChI=1S/C17H27N3O5S/c1-12(2)17(3,23)11-19-15(21)10-18-16(22)13-7-6-8-14(9-13)26(24,25)20(4)5/h6-9,12,23H,10-11H2,1-5H3,(H,18,22)(H,19,21)/t17-/m1/s1. The van der Waals surface area contributed by atoms with Crippen LogP contribution >= 0.6 is 0 Å². The molecule has 0 aliphatic rings. The quantitative estimate of drug-likeness (QED) is 0.591. The Balaban J connectivity index is 2.68. The number of nitrogens with zero attached hydrogens (tertiary/aromatic N) is 1. The Labute approximate surface area is 154 Å². The second kappa shape index (κ2) is 8.61. The molecular weight excluding hydrogens is 358 g/mol. The number of sulfonamides is 1. The molecule has 0 spiro atoms. The van der Waals surface area contributed by atoms with Crippen LogP contribution in [0.3, 0.4) is 0 Å². The summed E-state index contributed by atoms with van der Waals surface area (Å²) in [7, 11) is -0.849. The summed E-state index contributed by atoms with van der Waals surface area (Å²) in [4.78, 5) is 24.0. The van der Waals surface area contributed by atoms with Crippen LogP contribution in [0.25, 0.3) is 0 Å². The first-order chi connectivity index (χ1) is 11.9. The van der Waals surface area contributed by atoms with Crippen LogP contribution in [-0.2, 0) is 14.8 Å². The van der Waals surface area contributed by atoms with Gasteiger partial charge in [-0.15, -0.1) is 0 Å². The zero-order valence-corrected chi connectivity index (χ0v) is 16.6. The number of carbonyl (C=O) groups is 2. The van der Waals surface area contributed by atoms with E-state index in [2.05, 4.69) is 10.6 Å². The van der Waals surface area contributed by atoms with Gasteiger partial charge in [0.05, 0.1) is 17.0 Å². The van der Waals surface area contributed by atoms with Crippen molar-refractivity contribution in [2.24, 2.45) is 5.92 Å². The van der Waals surface area contributed by atoms with E-state index in [1.807, 2.05) is 13.8 Å². The molecule has 146 valence electrons. The van der Waals surface area contributed by atoms with E-state index in [-0.39, 0.29) is 29.5 Å². The molecule has 0 saturated carbocycles. The third kappa shape index (κ3) is 5.79. The highest BCUT2D eigenvalue weighted by Gasteiger charge is 2.25. The van der Waals surface area contributed by atoms with Gasteiger partial charge in [-0.25, -0.2) is 12.7 Å². The van der Waals surface area contributed by atoms with Crippen molar-refractivity contribution < 1.29 is 23.1 Å². The van der Waals surface area contributed by atoms with Crippen LogP contribution in [0.1, 0.15) is 31.1 Å². The van der Waals surface area contributed by atoms with Crippen LogP contribution in [0, 0.1) is 5.92 Å². The Bertz CT molecular complexity index is 757. The van der Waals surface area contributed by atoms with Crippen LogP contribution in [0.5, 0.6) is 0 Å². The normalized spacial score (nSPS) is 14.2. The second-order valence-corrected chi connectivity index (χ2v) is 8.94. The molecule has 1 rings (SSSR count). The van der Waals surface area contributed by atoms with E-state index in [1.165, 1.54) is 38.4 Å². The van der Waals surface area contributed by atoms with Crippen molar-refractivity contribution in [1.82, 2.24) is 14.9 Å². The van der Waals surface area contributed by atoms with Gasteiger partial charge in [-0.2, -0.15) is 0 Å². The number of rotatable bonds is 8. The van der Waals surface area contributed by atoms with Gasteiger partial charge in [0, 0.05) is 26.2 Å². The maximum atomic E-state index is 12.2. The molecule has 9 heteroatoms. The molecule has 0 fully saturated rings. The molecule has 0 aromatic heterocycles. The molecule has 0 unspecified atom stereocenters. The summed E-state index contributed by atoms with van der Waals surface area (Å²) >= 11 is 0. The molecule has 1 atom stereocenters. The van der Waals surface area contributed by atoms with Crippen molar-refractivity contribution in [2.45, 2.75) is 31.3 Å². The number of benzene rings is 1. The molecule has 26 heavy (non-hydrogen) atoms. The van der Waals surface area contributed by atoms with Crippen molar-refractivity contribution >= 4 is 21.8 Å². The molecule has 1 aromatic rings. The zero-order chi connectivity index (χ0) is 20.1. The SMILES string of the molecule is CC(C)[C@](C)(O)CNC(=O)CNC(=O)c1cccc(S(=O)(=O)N(C)C)c1. The zero-order valence-electron chi connectivity index (χ0n) is 15.7. The fourth-order valence-electron chi connectivity index (χ4n) is 1.82. The topological polar surface area (TPSA) is 116 Å². The Morgan fingerprint density at radius 1 is 1.23 bits per heavy atom. The van der Waals surface area contributed by atoms with E-state index in [0.29, 0.717) is 0 Å². The van der Waals surface area contributed by atoms with Gasteiger partial charge in [0.15, 0.2) is 0 Å². The van der Waals surface area contributed by atoms with Gasteiger partial charge in [0.2, 0.25) is 15.9 Å². The van der Waals surface area contributed by atoms with E-state index in [9.17, 15) is 23.1 Å². The average molecular weight is 385 g/mol. The number of carbonyl (C=O) groups excluding carboxylic acids is 2. The average Bonchev–Trinajstić information content (AvgIpc) is 2.57. The first kappa shape index (κ1) is 22.1. The summed E-state index contributed by atoms with van der Waals surface area (Å²) in [5, 5.41) is 15.1. The molecule has 0 heterocycles. The number of amides is 2. The minimum Gasteiger partial charge on any atom is -0.388 e. The molecule has 8 nitrogen and oxygen atoms in total. The minimum atomic E-state index is -3.65. The predicted molar refractivity (Wildman–Crippen MR) is 98.1 cm³/mol. The Morgan fingerprint density at radius 3 is 2.38 bits per heavy atom. The lowest BCUT2D eigenvalue weighted by molar-refractivity contribution is -0.121. The van der Waals surface area contributed by atoms with E-state index in [1.54, 1.807) is 6.92 Å². The molecule has 0 saturated heterocycles. The number of hydrogen-bond donors (Lipinski definition) is 3. The van der Waals surface area contributed by atoms with Crippen LogP contribution in [0.2, 0.25) is 0 Å². The third-order valence-electron chi connectivity index (χ3n) is 4.17.